The van der Waals surface area contributed by atoms with Crippen LogP contribution < -0.4 is 15.4 Å². The number of hydrogen-bond acceptors (Lipinski definition) is 4. The molecule has 2 atom stereocenters. The van der Waals surface area contributed by atoms with Crippen molar-refractivity contribution in [2.45, 2.75) is 31.8 Å². The normalized spacial score (nSPS) is 23.9. The molecule has 5 heteroatoms. The van der Waals surface area contributed by atoms with Gasteiger partial charge in [-0.15, -0.1) is 0 Å². The maximum absolute atomic E-state index is 11.4. The van der Waals surface area contributed by atoms with Crippen molar-refractivity contribution in [3.8, 4) is 5.75 Å². The summed E-state index contributed by atoms with van der Waals surface area (Å²) in [6.07, 6.45) is 2.47. The smallest absolute Gasteiger partial charge is 0.262 e. The first-order chi connectivity index (χ1) is 10.1. The van der Waals surface area contributed by atoms with Gasteiger partial charge < -0.3 is 20.3 Å². The van der Waals surface area contributed by atoms with E-state index >= 15 is 0 Å². The highest BCUT2D eigenvalue weighted by molar-refractivity contribution is 5.95. The zero-order valence-electron chi connectivity index (χ0n) is 12.7. The second kappa shape index (κ2) is 6.03. The molecule has 2 aliphatic rings. The molecule has 2 heterocycles. The molecule has 114 valence electrons. The first-order valence-electron chi connectivity index (χ1n) is 7.63. The molecule has 0 bridgehead atoms. The van der Waals surface area contributed by atoms with Crippen molar-refractivity contribution in [3.05, 3.63) is 23.8 Å². The van der Waals surface area contributed by atoms with Crippen molar-refractivity contribution in [2.24, 2.45) is 0 Å². The van der Waals surface area contributed by atoms with Crippen LogP contribution in [0.25, 0.3) is 0 Å². The molecule has 2 unspecified atom stereocenters. The summed E-state index contributed by atoms with van der Waals surface area (Å²) in [6, 6.07) is 6.80. The van der Waals surface area contributed by atoms with Crippen LogP contribution in [0.3, 0.4) is 0 Å². The molecule has 0 radical (unpaired) electrons. The Morgan fingerprint density at radius 3 is 3.14 bits per heavy atom. The molecule has 1 aromatic carbocycles. The molecular formula is C16H23N3O2. The van der Waals surface area contributed by atoms with E-state index in [0.29, 0.717) is 6.04 Å². The van der Waals surface area contributed by atoms with Crippen LogP contribution in [0, 0.1) is 0 Å². The molecule has 3 rings (SSSR count). The molecule has 2 aliphatic heterocycles. The van der Waals surface area contributed by atoms with Gasteiger partial charge in [-0.1, -0.05) is 6.07 Å². The van der Waals surface area contributed by atoms with Crippen molar-refractivity contribution in [1.82, 2.24) is 10.2 Å². The second-order valence-electron chi connectivity index (χ2n) is 6.08. The van der Waals surface area contributed by atoms with Crippen LogP contribution in [0.4, 0.5) is 5.69 Å². The standard InChI is InChI=1S/C16H23N3O2/c1-11(17-13-4-3-7-19(2)9-13)12-5-6-15-14(8-12)18-16(20)10-21-15/h5-6,8,11,13,17H,3-4,7,9-10H2,1-2H3,(H,18,20). The van der Waals surface area contributed by atoms with E-state index < -0.39 is 0 Å². The molecule has 0 aliphatic carbocycles. The van der Waals surface area contributed by atoms with E-state index in [1.807, 2.05) is 12.1 Å². The number of nitrogens with one attached hydrogen (secondary N) is 2. The number of carbonyl (C=O) groups excluding carboxylic acids is 1. The number of anilines is 1. The minimum absolute atomic E-state index is 0.0887. The van der Waals surface area contributed by atoms with Crippen LogP contribution in [0.2, 0.25) is 0 Å². The van der Waals surface area contributed by atoms with Crippen LogP contribution in [0.1, 0.15) is 31.4 Å². The van der Waals surface area contributed by atoms with Crippen molar-refractivity contribution >= 4 is 11.6 Å². The second-order valence-corrected chi connectivity index (χ2v) is 6.08. The van der Waals surface area contributed by atoms with Gasteiger partial charge in [0.25, 0.3) is 5.91 Å². The van der Waals surface area contributed by atoms with Gasteiger partial charge in [-0.05, 0) is 51.1 Å². The molecule has 2 N–H and O–H groups in total. The van der Waals surface area contributed by atoms with Crippen LogP contribution in [0.5, 0.6) is 5.75 Å². The Bertz CT molecular complexity index is 532. The molecule has 21 heavy (non-hydrogen) atoms. The molecule has 0 saturated carbocycles. The largest absolute Gasteiger partial charge is 0.482 e. The highest BCUT2D eigenvalue weighted by atomic mass is 16.5. The molecule has 0 spiro atoms. The van der Waals surface area contributed by atoms with Gasteiger partial charge in [0.2, 0.25) is 0 Å². The number of likely N-dealkylation sites (N-methyl/N-ethyl adjacent to an activating group) is 1. The summed E-state index contributed by atoms with van der Waals surface area (Å²) in [5, 5.41) is 6.55. The third kappa shape index (κ3) is 3.36. The molecular weight excluding hydrogens is 266 g/mol. The van der Waals surface area contributed by atoms with Gasteiger partial charge in [0.05, 0.1) is 5.69 Å². The third-order valence-electron chi connectivity index (χ3n) is 4.25. The monoisotopic (exact) mass is 289 g/mol. The summed E-state index contributed by atoms with van der Waals surface area (Å²) in [4.78, 5) is 13.8. The zero-order chi connectivity index (χ0) is 14.8. The van der Waals surface area contributed by atoms with Crippen molar-refractivity contribution in [2.75, 3.05) is 32.1 Å². The number of likely N-dealkylation sites (tertiary alicyclic amines) is 1. The summed E-state index contributed by atoms with van der Waals surface area (Å²) in [6.45, 7) is 4.56. The molecule has 1 saturated heterocycles. The lowest BCUT2D eigenvalue weighted by Gasteiger charge is -2.32. The topological polar surface area (TPSA) is 53.6 Å². The third-order valence-corrected chi connectivity index (χ3v) is 4.25. The summed E-state index contributed by atoms with van der Waals surface area (Å²) in [5.41, 5.74) is 1.95. The molecule has 1 amide bonds. The molecule has 0 aromatic heterocycles. The number of carbonyl (C=O) groups is 1. The fourth-order valence-corrected chi connectivity index (χ4v) is 3.12. The van der Waals surface area contributed by atoms with E-state index in [9.17, 15) is 4.79 Å². The minimum atomic E-state index is -0.0887. The summed E-state index contributed by atoms with van der Waals surface area (Å²) >= 11 is 0. The number of piperidine rings is 1. The Morgan fingerprint density at radius 2 is 2.33 bits per heavy atom. The van der Waals surface area contributed by atoms with E-state index in [2.05, 4.69) is 35.6 Å². The van der Waals surface area contributed by atoms with E-state index in [1.165, 1.54) is 24.9 Å². The average Bonchev–Trinajstić information content (AvgIpc) is 2.46. The van der Waals surface area contributed by atoms with Gasteiger partial charge in [0.1, 0.15) is 5.75 Å². The van der Waals surface area contributed by atoms with Gasteiger partial charge >= 0.3 is 0 Å². The number of hydrogen-bond donors (Lipinski definition) is 2. The van der Waals surface area contributed by atoms with Crippen molar-refractivity contribution in [1.29, 1.82) is 0 Å². The Labute approximate surface area is 125 Å². The van der Waals surface area contributed by atoms with Gasteiger partial charge in [0, 0.05) is 18.6 Å². The number of ether oxygens (including phenoxy) is 1. The van der Waals surface area contributed by atoms with Crippen LogP contribution in [-0.2, 0) is 4.79 Å². The Hall–Kier alpha value is -1.59. The number of amides is 1. The Balaban J connectivity index is 1.68. The number of nitrogens with zero attached hydrogens (tertiary/aromatic N) is 1. The lowest BCUT2D eigenvalue weighted by atomic mass is 10.0. The average molecular weight is 289 g/mol. The Morgan fingerprint density at radius 1 is 1.48 bits per heavy atom. The first kappa shape index (κ1) is 14.4. The van der Waals surface area contributed by atoms with E-state index in [1.54, 1.807) is 0 Å². The molecule has 1 aromatic rings. The van der Waals surface area contributed by atoms with E-state index in [4.69, 9.17) is 4.74 Å². The minimum Gasteiger partial charge on any atom is -0.482 e. The predicted octanol–water partition coefficient (Wildman–Crippen LogP) is 1.76. The molecule has 5 nitrogen and oxygen atoms in total. The van der Waals surface area contributed by atoms with Crippen molar-refractivity contribution in [3.63, 3.8) is 0 Å². The van der Waals surface area contributed by atoms with Crippen LogP contribution in [0.15, 0.2) is 18.2 Å². The van der Waals surface area contributed by atoms with E-state index in [-0.39, 0.29) is 18.6 Å². The van der Waals surface area contributed by atoms with Gasteiger partial charge in [-0.2, -0.15) is 0 Å². The highest BCUT2D eigenvalue weighted by Gasteiger charge is 2.21. The van der Waals surface area contributed by atoms with Crippen LogP contribution >= 0.6 is 0 Å². The fourth-order valence-electron chi connectivity index (χ4n) is 3.12. The van der Waals surface area contributed by atoms with Gasteiger partial charge in [0.15, 0.2) is 6.61 Å². The highest BCUT2D eigenvalue weighted by Crippen LogP contribution is 2.30. The number of benzene rings is 1. The number of fused-ring (bicyclic) bond motifs is 1. The zero-order valence-corrected chi connectivity index (χ0v) is 12.7. The first-order valence-corrected chi connectivity index (χ1v) is 7.63. The molecule has 1 fully saturated rings. The number of rotatable bonds is 3. The van der Waals surface area contributed by atoms with Crippen LogP contribution in [-0.4, -0.2) is 43.6 Å². The quantitative estimate of drug-likeness (QED) is 0.890. The van der Waals surface area contributed by atoms with E-state index in [0.717, 1.165) is 18.0 Å². The van der Waals surface area contributed by atoms with Crippen molar-refractivity contribution < 1.29 is 9.53 Å². The summed E-state index contributed by atoms with van der Waals surface area (Å²) in [5.74, 6) is 0.664. The summed E-state index contributed by atoms with van der Waals surface area (Å²) < 4.78 is 5.40. The maximum atomic E-state index is 11.4. The summed E-state index contributed by atoms with van der Waals surface area (Å²) in [7, 11) is 2.17. The predicted molar refractivity (Wildman–Crippen MR) is 82.6 cm³/mol. The van der Waals surface area contributed by atoms with Gasteiger partial charge in [-0.25, -0.2) is 0 Å². The lowest BCUT2D eigenvalue weighted by Crippen LogP contribution is -2.44. The lowest BCUT2D eigenvalue weighted by molar-refractivity contribution is -0.118. The SMILES string of the molecule is CC(NC1CCCN(C)C1)c1ccc2c(c1)NC(=O)CO2. The fraction of sp³-hybridized carbons (Fsp3) is 0.562. The van der Waals surface area contributed by atoms with Gasteiger partial charge in [-0.3, -0.25) is 4.79 Å². The Kier molecular flexibility index (Phi) is 4.12. The maximum Gasteiger partial charge on any atom is 0.262 e.